The van der Waals surface area contributed by atoms with Gasteiger partial charge in [-0.05, 0) is 31.2 Å². The number of hydrogen-bond acceptors (Lipinski definition) is 7. The third-order valence-corrected chi connectivity index (χ3v) is 3.55. The van der Waals surface area contributed by atoms with Gasteiger partial charge in [0.2, 0.25) is 5.76 Å². The second-order valence-corrected chi connectivity index (χ2v) is 5.27. The zero-order chi connectivity index (χ0) is 18.0. The Morgan fingerprint density at radius 3 is 2.76 bits per heavy atom. The van der Waals surface area contributed by atoms with Crippen LogP contribution >= 0.6 is 0 Å². The van der Waals surface area contributed by atoms with Gasteiger partial charge in [-0.2, -0.15) is 0 Å². The Bertz CT molecular complexity index is 839. The first kappa shape index (κ1) is 16.6. The number of benzene rings is 1. The van der Waals surface area contributed by atoms with Crippen molar-refractivity contribution in [2.24, 2.45) is 0 Å². The predicted molar refractivity (Wildman–Crippen MR) is 84.3 cm³/mol. The van der Waals surface area contributed by atoms with Gasteiger partial charge in [-0.1, -0.05) is 6.07 Å². The lowest BCUT2D eigenvalue weighted by molar-refractivity contribution is -0.122. The van der Waals surface area contributed by atoms with E-state index >= 15 is 0 Å². The minimum Gasteiger partial charge on any atom is -0.478 e. The molecule has 0 radical (unpaired) electrons. The lowest BCUT2D eigenvalue weighted by Gasteiger charge is -2.24. The molecule has 1 N–H and O–H groups in total. The van der Waals surface area contributed by atoms with Crippen LogP contribution in [0.3, 0.4) is 0 Å². The van der Waals surface area contributed by atoms with Gasteiger partial charge in [-0.15, -0.1) is 0 Å². The number of para-hydroxylation sites is 1. The molecule has 0 saturated heterocycles. The van der Waals surface area contributed by atoms with Crippen LogP contribution in [0.5, 0.6) is 5.75 Å². The average molecular weight is 345 g/mol. The Morgan fingerprint density at radius 2 is 2.00 bits per heavy atom. The number of esters is 2. The Balaban J connectivity index is 1.72. The van der Waals surface area contributed by atoms with Gasteiger partial charge in [0, 0.05) is 0 Å². The van der Waals surface area contributed by atoms with Crippen LogP contribution in [0.25, 0.3) is 0 Å². The number of hydrogen-bond donors (Lipinski definition) is 1. The molecule has 1 aliphatic heterocycles. The van der Waals surface area contributed by atoms with Gasteiger partial charge in [-0.25, -0.2) is 9.59 Å². The molecule has 0 unspecified atom stereocenters. The number of fused-ring (bicyclic) bond motifs is 1. The summed E-state index contributed by atoms with van der Waals surface area (Å²) in [5.74, 6) is -0.978. The van der Waals surface area contributed by atoms with Crippen molar-refractivity contribution in [1.82, 2.24) is 0 Å². The zero-order valence-corrected chi connectivity index (χ0v) is 13.5. The van der Waals surface area contributed by atoms with Gasteiger partial charge in [0.05, 0.1) is 12.8 Å². The molecule has 8 nitrogen and oxygen atoms in total. The van der Waals surface area contributed by atoms with Crippen LogP contribution in [0.15, 0.2) is 34.7 Å². The van der Waals surface area contributed by atoms with E-state index in [4.69, 9.17) is 13.9 Å². The number of anilines is 1. The standard InChI is InChI=1S/C17H15NO7/c1-9-15(19)18-12-5-3-4-11(14(12)24-9)16(20)23-8-10-6-7-13(25-10)17(21)22-2/h3-7,9H,8H2,1-2H3,(H,18,19)/t9-/m1/s1. The number of carbonyl (C=O) groups excluding carboxylic acids is 3. The fourth-order valence-electron chi connectivity index (χ4n) is 2.27. The molecular formula is C17H15NO7. The van der Waals surface area contributed by atoms with Crippen LogP contribution in [-0.2, 0) is 20.9 Å². The number of methoxy groups -OCH3 is 1. The highest BCUT2D eigenvalue weighted by atomic mass is 16.6. The van der Waals surface area contributed by atoms with E-state index in [-0.39, 0.29) is 29.6 Å². The van der Waals surface area contributed by atoms with Crippen molar-refractivity contribution in [2.45, 2.75) is 19.6 Å². The van der Waals surface area contributed by atoms with Gasteiger partial charge in [0.25, 0.3) is 5.91 Å². The maximum atomic E-state index is 12.3. The molecule has 2 aromatic rings. The fourth-order valence-corrected chi connectivity index (χ4v) is 2.27. The molecule has 3 rings (SSSR count). The number of ether oxygens (including phenoxy) is 3. The monoisotopic (exact) mass is 345 g/mol. The first-order valence-corrected chi connectivity index (χ1v) is 7.44. The first-order chi connectivity index (χ1) is 12.0. The Hall–Kier alpha value is -3.29. The summed E-state index contributed by atoms with van der Waals surface area (Å²) in [6.45, 7) is 1.42. The highest BCUT2D eigenvalue weighted by molar-refractivity contribution is 6.02. The highest BCUT2D eigenvalue weighted by Crippen LogP contribution is 2.33. The van der Waals surface area contributed by atoms with Gasteiger partial charge in [-0.3, -0.25) is 4.79 Å². The smallest absolute Gasteiger partial charge is 0.373 e. The van der Waals surface area contributed by atoms with Crippen molar-refractivity contribution >= 4 is 23.5 Å². The summed E-state index contributed by atoms with van der Waals surface area (Å²) in [5.41, 5.74) is 0.590. The van der Waals surface area contributed by atoms with Crippen LogP contribution in [0.2, 0.25) is 0 Å². The molecule has 130 valence electrons. The van der Waals surface area contributed by atoms with Crippen LogP contribution in [0.1, 0.15) is 33.6 Å². The van der Waals surface area contributed by atoms with E-state index in [2.05, 4.69) is 10.1 Å². The molecule has 0 saturated carbocycles. The quantitative estimate of drug-likeness (QED) is 0.847. The van der Waals surface area contributed by atoms with Crippen LogP contribution < -0.4 is 10.1 Å². The third kappa shape index (κ3) is 3.32. The summed E-state index contributed by atoms with van der Waals surface area (Å²) in [6, 6.07) is 7.72. The summed E-state index contributed by atoms with van der Waals surface area (Å²) < 4.78 is 20.5. The van der Waals surface area contributed by atoms with Gasteiger partial charge in [0.1, 0.15) is 17.9 Å². The topological polar surface area (TPSA) is 104 Å². The lowest BCUT2D eigenvalue weighted by atomic mass is 10.1. The SMILES string of the molecule is COC(=O)c1ccc(COC(=O)c2cccc3c2O[C@H](C)C(=O)N3)o1. The summed E-state index contributed by atoms with van der Waals surface area (Å²) >= 11 is 0. The second-order valence-electron chi connectivity index (χ2n) is 5.27. The fraction of sp³-hybridized carbons (Fsp3) is 0.235. The van der Waals surface area contributed by atoms with Crippen LogP contribution in [0, 0.1) is 0 Å². The number of carbonyl (C=O) groups is 3. The molecule has 8 heteroatoms. The first-order valence-electron chi connectivity index (χ1n) is 7.44. The van der Waals surface area contributed by atoms with E-state index in [0.29, 0.717) is 11.4 Å². The summed E-state index contributed by atoms with van der Waals surface area (Å²) in [5, 5.41) is 2.66. The highest BCUT2D eigenvalue weighted by Gasteiger charge is 2.28. The number of rotatable bonds is 4. The van der Waals surface area contributed by atoms with Crippen LogP contribution in [0.4, 0.5) is 5.69 Å². The van der Waals surface area contributed by atoms with Crippen LogP contribution in [-0.4, -0.2) is 31.1 Å². The minimum absolute atomic E-state index is 0.0190. The van der Waals surface area contributed by atoms with E-state index in [1.54, 1.807) is 19.1 Å². The van der Waals surface area contributed by atoms with E-state index in [0.717, 1.165) is 0 Å². The van der Waals surface area contributed by atoms with Crippen molar-refractivity contribution < 1.29 is 33.0 Å². The van der Waals surface area contributed by atoms with Crippen molar-refractivity contribution in [1.29, 1.82) is 0 Å². The summed E-state index contributed by atoms with van der Waals surface area (Å²) in [4.78, 5) is 35.3. The predicted octanol–water partition coefficient (Wildman–Crippen LogP) is 2.14. The molecule has 1 atom stereocenters. The maximum Gasteiger partial charge on any atom is 0.373 e. The van der Waals surface area contributed by atoms with Crippen molar-refractivity contribution in [3.05, 3.63) is 47.4 Å². The molecule has 0 spiro atoms. The molecule has 0 bridgehead atoms. The maximum absolute atomic E-state index is 12.3. The Morgan fingerprint density at radius 1 is 1.20 bits per heavy atom. The van der Waals surface area contributed by atoms with Gasteiger partial charge < -0.3 is 23.9 Å². The van der Waals surface area contributed by atoms with E-state index in [1.165, 1.54) is 25.3 Å². The minimum atomic E-state index is -0.714. The molecule has 25 heavy (non-hydrogen) atoms. The molecule has 0 fully saturated rings. The average Bonchev–Trinajstić information content (AvgIpc) is 3.08. The molecule has 0 aliphatic carbocycles. The largest absolute Gasteiger partial charge is 0.478 e. The summed E-state index contributed by atoms with van der Waals surface area (Å²) in [6.07, 6.45) is -0.714. The molecule has 2 heterocycles. The third-order valence-electron chi connectivity index (χ3n) is 3.55. The number of amides is 1. The molecule has 1 amide bonds. The van der Waals surface area contributed by atoms with E-state index in [9.17, 15) is 14.4 Å². The second kappa shape index (κ2) is 6.68. The normalized spacial score (nSPS) is 15.6. The molecule has 1 aromatic carbocycles. The van der Waals surface area contributed by atoms with Crippen molar-refractivity contribution in [3.8, 4) is 5.75 Å². The van der Waals surface area contributed by atoms with E-state index in [1.807, 2.05) is 0 Å². The van der Waals surface area contributed by atoms with Crippen molar-refractivity contribution in [3.63, 3.8) is 0 Å². The lowest BCUT2D eigenvalue weighted by Crippen LogP contribution is -2.35. The van der Waals surface area contributed by atoms with Crippen molar-refractivity contribution in [2.75, 3.05) is 12.4 Å². The van der Waals surface area contributed by atoms with Gasteiger partial charge >= 0.3 is 11.9 Å². The molecular weight excluding hydrogens is 330 g/mol. The molecule has 1 aromatic heterocycles. The van der Waals surface area contributed by atoms with E-state index < -0.39 is 18.0 Å². The van der Waals surface area contributed by atoms with Gasteiger partial charge in [0.15, 0.2) is 11.9 Å². The Kier molecular flexibility index (Phi) is 4.42. The number of nitrogens with one attached hydrogen (secondary N) is 1. The molecule has 1 aliphatic rings. The summed E-state index contributed by atoms with van der Waals surface area (Å²) in [7, 11) is 1.24. The number of furan rings is 1. The Labute approximate surface area is 142 Å². The zero-order valence-electron chi connectivity index (χ0n) is 13.5.